The first-order valence-corrected chi connectivity index (χ1v) is 6.78. The minimum absolute atomic E-state index is 0.674. The number of aromatic nitrogens is 1. The maximum Gasteiger partial charge on any atom is 0.0512 e. The van der Waals surface area contributed by atoms with E-state index < -0.39 is 0 Å². The van der Waals surface area contributed by atoms with E-state index in [1.807, 2.05) is 0 Å². The first-order valence-electron chi connectivity index (χ1n) is 6.78. The quantitative estimate of drug-likeness (QED) is 0.705. The van der Waals surface area contributed by atoms with Crippen LogP contribution in [0.15, 0.2) is 30.5 Å². The van der Waals surface area contributed by atoms with Crippen LogP contribution in [0.5, 0.6) is 0 Å². The summed E-state index contributed by atoms with van der Waals surface area (Å²) in [7, 11) is 1.77. The smallest absolute Gasteiger partial charge is 0.0512 e. The minimum Gasteiger partial charge on any atom is -0.385 e. The average Bonchev–Trinajstić information content (AvgIpc) is 2.73. The van der Waals surface area contributed by atoms with Crippen molar-refractivity contribution < 1.29 is 4.74 Å². The molecule has 0 N–H and O–H groups in total. The highest BCUT2D eigenvalue weighted by Gasteiger charge is 2.07. The van der Waals surface area contributed by atoms with E-state index in [2.05, 4.69) is 48.9 Å². The van der Waals surface area contributed by atoms with Gasteiger partial charge in [-0.1, -0.05) is 32.0 Å². The zero-order chi connectivity index (χ0) is 13.0. The lowest BCUT2D eigenvalue weighted by Gasteiger charge is -2.12. The number of nitrogens with zero attached hydrogens (tertiary/aromatic N) is 1. The Bertz CT molecular complexity index is 499. The van der Waals surface area contributed by atoms with Crippen molar-refractivity contribution in [2.24, 2.45) is 5.92 Å². The SMILES string of the molecule is COCCCc1cccc2ccn(CC(C)C)c12. The summed E-state index contributed by atoms with van der Waals surface area (Å²) in [6, 6.07) is 8.82. The molecular weight excluding hydrogens is 222 g/mol. The molecule has 98 valence electrons. The van der Waals surface area contributed by atoms with E-state index >= 15 is 0 Å². The molecule has 0 saturated carbocycles. The van der Waals surface area contributed by atoms with E-state index in [0.29, 0.717) is 5.92 Å². The van der Waals surface area contributed by atoms with Crippen LogP contribution >= 0.6 is 0 Å². The third kappa shape index (κ3) is 2.94. The van der Waals surface area contributed by atoms with Gasteiger partial charge in [-0.05, 0) is 35.8 Å². The number of ether oxygens (including phenoxy) is 1. The van der Waals surface area contributed by atoms with Gasteiger partial charge in [-0.3, -0.25) is 0 Å². The largest absolute Gasteiger partial charge is 0.385 e. The van der Waals surface area contributed by atoms with Crippen molar-refractivity contribution in [1.82, 2.24) is 4.57 Å². The zero-order valence-corrected chi connectivity index (χ0v) is 11.6. The Morgan fingerprint density at radius 2 is 2.06 bits per heavy atom. The van der Waals surface area contributed by atoms with Crippen molar-refractivity contribution in [3.8, 4) is 0 Å². The Balaban J connectivity index is 2.29. The van der Waals surface area contributed by atoms with Crippen molar-refractivity contribution in [3.05, 3.63) is 36.0 Å². The summed E-state index contributed by atoms with van der Waals surface area (Å²) in [6.45, 7) is 6.45. The highest BCUT2D eigenvalue weighted by Crippen LogP contribution is 2.22. The predicted octanol–water partition coefficient (Wildman–Crippen LogP) is 3.88. The van der Waals surface area contributed by atoms with Gasteiger partial charge in [-0.25, -0.2) is 0 Å². The molecule has 0 fully saturated rings. The van der Waals surface area contributed by atoms with Crippen LogP contribution in [0.25, 0.3) is 10.9 Å². The molecule has 0 saturated heterocycles. The third-order valence-electron chi connectivity index (χ3n) is 3.23. The lowest BCUT2D eigenvalue weighted by Crippen LogP contribution is -2.04. The van der Waals surface area contributed by atoms with Crippen molar-refractivity contribution in [1.29, 1.82) is 0 Å². The van der Waals surface area contributed by atoms with Gasteiger partial charge in [0.05, 0.1) is 5.52 Å². The average molecular weight is 245 g/mol. The monoisotopic (exact) mass is 245 g/mol. The van der Waals surface area contributed by atoms with Gasteiger partial charge < -0.3 is 9.30 Å². The lowest BCUT2D eigenvalue weighted by atomic mass is 10.1. The molecule has 0 bridgehead atoms. The number of aryl methyl sites for hydroxylation is 1. The molecule has 0 unspecified atom stereocenters. The number of benzene rings is 1. The van der Waals surface area contributed by atoms with Gasteiger partial charge >= 0.3 is 0 Å². The highest BCUT2D eigenvalue weighted by molar-refractivity contribution is 5.83. The van der Waals surface area contributed by atoms with Crippen LogP contribution in [-0.2, 0) is 17.7 Å². The van der Waals surface area contributed by atoms with Crippen LogP contribution in [-0.4, -0.2) is 18.3 Å². The molecule has 0 aliphatic rings. The van der Waals surface area contributed by atoms with Crippen LogP contribution in [0.3, 0.4) is 0 Å². The molecule has 0 radical (unpaired) electrons. The molecule has 0 amide bonds. The van der Waals surface area contributed by atoms with Crippen LogP contribution in [0.1, 0.15) is 25.8 Å². The molecule has 1 heterocycles. The topological polar surface area (TPSA) is 14.2 Å². The third-order valence-corrected chi connectivity index (χ3v) is 3.23. The van der Waals surface area contributed by atoms with Gasteiger partial charge in [0.25, 0.3) is 0 Å². The Hall–Kier alpha value is -1.28. The molecule has 0 aliphatic heterocycles. The Labute approximate surface area is 110 Å². The van der Waals surface area contributed by atoms with Crippen LogP contribution in [0, 0.1) is 5.92 Å². The fourth-order valence-electron chi connectivity index (χ4n) is 2.50. The molecule has 1 aromatic heterocycles. The summed E-state index contributed by atoms with van der Waals surface area (Å²) in [5.74, 6) is 0.674. The van der Waals surface area contributed by atoms with E-state index in [1.54, 1.807) is 7.11 Å². The van der Waals surface area contributed by atoms with Crippen molar-refractivity contribution >= 4 is 10.9 Å². The molecule has 0 spiro atoms. The van der Waals surface area contributed by atoms with E-state index in [4.69, 9.17) is 4.74 Å². The first kappa shape index (κ1) is 13.2. The summed E-state index contributed by atoms with van der Waals surface area (Å²) in [4.78, 5) is 0. The molecule has 2 nitrogen and oxygen atoms in total. The maximum atomic E-state index is 5.15. The summed E-state index contributed by atoms with van der Waals surface area (Å²) in [5.41, 5.74) is 2.84. The fraction of sp³-hybridized carbons (Fsp3) is 0.500. The normalized spacial score (nSPS) is 11.6. The number of hydrogen-bond donors (Lipinski definition) is 0. The molecule has 2 heteroatoms. The van der Waals surface area contributed by atoms with Crippen molar-refractivity contribution in [2.45, 2.75) is 33.2 Å². The van der Waals surface area contributed by atoms with Crippen LogP contribution in [0.4, 0.5) is 0 Å². The number of methoxy groups -OCH3 is 1. The Morgan fingerprint density at radius 1 is 1.22 bits per heavy atom. The van der Waals surface area contributed by atoms with Crippen LogP contribution < -0.4 is 0 Å². The Morgan fingerprint density at radius 3 is 2.78 bits per heavy atom. The molecular formula is C16H23NO. The second-order valence-corrected chi connectivity index (χ2v) is 5.31. The summed E-state index contributed by atoms with van der Waals surface area (Å²) in [5, 5.41) is 1.35. The number of hydrogen-bond acceptors (Lipinski definition) is 1. The highest BCUT2D eigenvalue weighted by atomic mass is 16.5. The van der Waals surface area contributed by atoms with Crippen molar-refractivity contribution in [2.75, 3.05) is 13.7 Å². The Kier molecular flexibility index (Phi) is 4.43. The standard InChI is InChI=1S/C16H23NO/c1-13(2)12-17-10-9-15-7-4-6-14(16(15)17)8-5-11-18-3/h4,6-7,9-10,13H,5,8,11-12H2,1-3H3. The molecule has 1 aromatic carbocycles. The van der Waals surface area contributed by atoms with Gasteiger partial charge in [0.15, 0.2) is 0 Å². The molecule has 2 aromatic rings. The van der Waals surface area contributed by atoms with Gasteiger partial charge in [-0.2, -0.15) is 0 Å². The zero-order valence-electron chi connectivity index (χ0n) is 11.6. The predicted molar refractivity (Wildman–Crippen MR) is 77.0 cm³/mol. The minimum atomic E-state index is 0.674. The van der Waals surface area contributed by atoms with Gasteiger partial charge in [0, 0.05) is 26.5 Å². The number of fused-ring (bicyclic) bond motifs is 1. The molecule has 2 rings (SSSR count). The summed E-state index contributed by atoms with van der Waals surface area (Å²) >= 11 is 0. The van der Waals surface area contributed by atoms with E-state index in [1.165, 1.54) is 16.5 Å². The van der Waals surface area contributed by atoms with Crippen LogP contribution in [0.2, 0.25) is 0 Å². The van der Waals surface area contributed by atoms with Crippen molar-refractivity contribution in [3.63, 3.8) is 0 Å². The molecule has 0 atom stereocenters. The number of para-hydroxylation sites is 1. The molecule has 18 heavy (non-hydrogen) atoms. The van der Waals surface area contributed by atoms with Gasteiger partial charge in [0.1, 0.15) is 0 Å². The van der Waals surface area contributed by atoms with Gasteiger partial charge in [-0.15, -0.1) is 0 Å². The molecule has 0 aliphatic carbocycles. The van der Waals surface area contributed by atoms with E-state index in [0.717, 1.165) is 26.0 Å². The number of rotatable bonds is 6. The van der Waals surface area contributed by atoms with Gasteiger partial charge in [0.2, 0.25) is 0 Å². The first-order chi connectivity index (χ1) is 8.72. The summed E-state index contributed by atoms with van der Waals surface area (Å²) in [6.07, 6.45) is 4.39. The van der Waals surface area contributed by atoms with E-state index in [9.17, 15) is 0 Å². The second kappa shape index (κ2) is 6.05. The van der Waals surface area contributed by atoms with E-state index in [-0.39, 0.29) is 0 Å². The fourth-order valence-corrected chi connectivity index (χ4v) is 2.50. The maximum absolute atomic E-state index is 5.15. The summed E-state index contributed by atoms with van der Waals surface area (Å²) < 4.78 is 7.54. The second-order valence-electron chi connectivity index (χ2n) is 5.31. The lowest BCUT2D eigenvalue weighted by molar-refractivity contribution is 0.195.